The molecule has 3 aromatic rings. The zero-order valence-corrected chi connectivity index (χ0v) is 19.1. The fourth-order valence-electron chi connectivity index (χ4n) is 3.88. The van der Waals surface area contributed by atoms with Crippen molar-refractivity contribution in [2.75, 3.05) is 20.8 Å². The van der Waals surface area contributed by atoms with Crippen molar-refractivity contribution in [2.45, 2.75) is 23.8 Å². The van der Waals surface area contributed by atoms with E-state index >= 15 is 0 Å². The fraction of sp³-hybridized carbons (Fsp3) is 0.304. The predicted octanol–water partition coefficient (Wildman–Crippen LogP) is 5.37. The largest absolute Gasteiger partial charge is 0.493 e. The number of nitrogens with zero attached hydrogens (tertiary/aromatic N) is 2. The second-order valence-corrected chi connectivity index (χ2v) is 8.70. The van der Waals surface area contributed by atoms with Crippen LogP contribution in [0.25, 0.3) is 5.69 Å². The summed E-state index contributed by atoms with van der Waals surface area (Å²) in [4.78, 5) is 17.0. The normalized spacial score (nSPS) is 17.3. The highest BCUT2D eigenvalue weighted by Crippen LogP contribution is 2.53. The molecular formula is C23H23ClN2O4S. The molecule has 2 heterocycles. The lowest BCUT2D eigenvalue weighted by molar-refractivity contribution is -0.143. The molecule has 6 nitrogen and oxygen atoms in total. The van der Waals surface area contributed by atoms with Crippen molar-refractivity contribution in [1.29, 1.82) is 0 Å². The molecule has 0 radical (unpaired) electrons. The Morgan fingerprint density at radius 3 is 2.77 bits per heavy atom. The summed E-state index contributed by atoms with van der Waals surface area (Å²) in [5.41, 5.74) is 2.91. The highest BCUT2D eigenvalue weighted by Gasteiger charge is 2.34. The van der Waals surface area contributed by atoms with Crippen LogP contribution in [0.2, 0.25) is 5.02 Å². The number of thioether (sulfide) groups is 1. The Morgan fingerprint density at radius 2 is 2.03 bits per heavy atom. The number of para-hydroxylation sites is 1. The van der Waals surface area contributed by atoms with Gasteiger partial charge in [-0.3, -0.25) is 4.79 Å². The van der Waals surface area contributed by atoms with E-state index in [2.05, 4.69) is 4.98 Å². The van der Waals surface area contributed by atoms with Gasteiger partial charge in [-0.2, -0.15) is 0 Å². The summed E-state index contributed by atoms with van der Waals surface area (Å²) in [6.07, 6.45) is 3.87. The minimum absolute atomic E-state index is 0.167. The number of halogens is 1. The molecule has 0 aliphatic carbocycles. The minimum atomic E-state index is -0.255. The molecule has 4 rings (SSSR count). The number of hydrogen-bond donors (Lipinski definition) is 0. The van der Waals surface area contributed by atoms with Gasteiger partial charge in [0, 0.05) is 23.0 Å². The number of benzene rings is 2. The van der Waals surface area contributed by atoms with Crippen molar-refractivity contribution in [3.8, 4) is 17.2 Å². The van der Waals surface area contributed by atoms with Crippen molar-refractivity contribution < 1.29 is 19.0 Å². The van der Waals surface area contributed by atoms with Crippen molar-refractivity contribution in [3.05, 3.63) is 70.8 Å². The van der Waals surface area contributed by atoms with E-state index in [-0.39, 0.29) is 22.9 Å². The van der Waals surface area contributed by atoms with Crippen molar-refractivity contribution in [1.82, 2.24) is 9.55 Å². The zero-order valence-electron chi connectivity index (χ0n) is 17.5. The number of hydrogen-bond acceptors (Lipinski definition) is 6. The van der Waals surface area contributed by atoms with E-state index in [1.807, 2.05) is 47.2 Å². The van der Waals surface area contributed by atoms with Crippen LogP contribution >= 0.6 is 23.4 Å². The molecule has 0 saturated carbocycles. The maximum Gasteiger partial charge on any atom is 0.307 e. The molecule has 0 spiro atoms. The van der Waals surface area contributed by atoms with Gasteiger partial charge in [-0.25, -0.2) is 4.98 Å². The molecule has 0 bridgehead atoms. The van der Waals surface area contributed by atoms with Crippen LogP contribution in [-0.2, 0) is 9.53 Å². The van der Waals surface area contributed by atoms with E-state index in [4.69, 9.17) is 25.8 Å². The van der Waals surface area contributed by atoms with E-state index in [1.54, 1.807) is 39.1 Å². The SMILES string of the molecule is CCOC(=O)CC1SC(c2cccc(OC)c2OC)c2cc(Cl)ccc2-n2ccnc21. The first kappa shape index (κ1) is 21.6. The Hall–Kier alpha value is -2.64. The third-order valence-electron chi connectivity index (χ3n) is 5.16. The first-order valence-electron chi connectivity index (χ1n) is 9.92. The van der Waals surface area contributed by atoms with Crippen molar-refractivity contribution in [2.24, 2.45) is 0 Å². The summed E-state index contributed by atoms with van der Waals surface area (Å²) < 4.78 is 18.5. The Labute approximate surface area is 190 Å². The number of carbonyl (C=O) groups excluding carboxylic acids is 1. The molecule has 1 aliphatic rings. The summed E-state index contributed by atoms with van der Waals surface area (Å²) >= 11 is 8.04. The monoisotopic (exact) mass is 458 g/mol. The Bertz CT molecular complexity index is 1100. The predicted molar refractivity (Wildman–Crippen MR) is 122 cm³/mol. The van der Waals surface area contributed by atoms with Crippen LogP contribution in [0.5, 0.6) is 11.5 Å². The molecule has 0 N–H and O–H groups in total. The zero-order chi connectivity index (χ0) is 22.0. The second kappa shape index (κ2) is 9.24. The molecule has 1 aliphatic heterocycles. The number of methoxy groups -OCH3 is 2. The van der Waals surface area contributed by atoms with Gasteiger partial charge in [0.05, 0.1) is 43.4 Å². The lowest BCUT2D eigenvalue weighted by Crippen LogP contribution is -2.11. The minimum Gasteiger partial charge on any atom is -0.493 e. The maximum atomic E-state index is 12.4. The fourth-order valence-corrected chi connectivity index (χ4v) is 5.59. The Kier molecular flexibility index (Phi) is 6.43. The summed E-state index contributed by atoms with van der Waals surface area (Å²) in [7, 11) is 3.24. The smallest absolute Gasteiger partial charge is 0.307 e. The van der Waals surface area contributed by atoms with Crippen LogP contribution in [0, 0.1) is 0 Å². The van der Waals surface area contributed by atoms with Crippen LogP contribution in [0.4, 0.5) is 0 Å². The number of carbonyl (C=O) groups is 1. The van der Waals surface area contributed by atoms with E-state index < -0.39 is 0 Å². The molecule has 8 heteroatoms. The topological polar surface area (TPSA) is 62.6 Å². The number of imidazole rings is 1. The molecule has 0 saturated heterocycles. The molecule has 0 fully saturated rings. The summed E-state index contributed by atoms with van der Waals surface area (Å²) in [6.45, 7) is 2.15. The molecule has 1 aromatic heterocycles. The highest BCUT2D eigenvalue weighted by atomic mass is 35.5. The van der Waals surface area contributed by atoms with Crippen molar-refractivity contribution in [3.63, 3.8) is 0 Å². The maximum absolute atomic E-state index is 12.4. The standard InChI is InChI=1S/C23H23ClN2O4S/c1-4-30-20(27)13-19-23-25-10-11-26(23)17-9-8-14(24)12-16(17)22(31-19)15-6-5-7-18(28-2)21(15)29-3/h5-12,19,22H,4,13H2,1-3H3. The first-order valence-corrected chi connectivity index (χ1v) is 11.2. The van der Waals surface area contributed by atoms with Gasteiger partial charge in [0.15, 0.2) is 11.5 Å². The molecule has 2 atom stereocenters. The lowest BCUT2D eigenvalue weighted by atomic mass is 10.0. The van der Waals surface area contributed by atoms with Gasteiger partial charge in [0.25, 0.3) is 0 Å². The van der Waals surface area contributed by atoms with Gasteiger partial charge in [-0.05, 0) is 36.8 Å². The third-order valence-corrected chi connectivity index (χ3v) is 6.88. The highest BCUT2D eigenvalue weighted by molar-refractivity contribution is 8.00. The van der Waals surface area contributed by atoms with Crippen LogP contribution in [0.3, 0.4) is 0 Å². The molecule has 31 heavy (non-hydrogen) atoms. The number of fused-ring (bicyclic) bond motifs is 3. The number of aromatic nitrogens is 2. The van der Waals surface area contributed by atoms with Crippen LogP contribution in [0.1, 0.15) is 40.8 Å². The van der Waals surface area contributed by atoms with Gasteiger partial charge in [-0.15, -0.1) is 11.8 Å². The molecule has 0 amide bonds. The van der Waals surface area contributed by atoms with Gasteiger partial charge in [-0.1, -0.05) is 23.7 Å². The van der Waals surface area contributed by atoms with Crippen LogP contribution in [0.15, 0.2) is 48.8 Å². The summed E-state index contributed by atoms with van der Waals surface area (Å²) in [5.74, 6) is 1.84. The Morgan fingerprint density at radius 1 is 1.19 bits per heavy atom. The van der Waals surface area contributed by atoms with Crippen LogP contribution < -0.4 is 9.47 Å². The van der Waals surface area contributed by atoms with Gasteiger partial charge >= 0.3 is 5.97 Å². The van der Waals surface area contributed by atoms with Gasteiger partial charge in [0.1, 0.15) is 5.82 Å². The van der Waals surface area contributed by atoms with Gasteiger partial charge < -0.3 is 18.8 Å². The average molecular weight is 459 g/mol. The third kappa shape index (κ3) is 4.12. The summed E-state index contributed by atoms with van der Waals surface area (Å²) in [6, 6.07) is 11.6. The number of rotatable bonds is 6. The molecule has 2 unspecified atom stereocenters. The Balaban J connectivity index is 1.90. The van der Waals surface area contributed by atoms with E-state index in [0.717, 1.165) is 22.6 Å². The number of esters is 1. The summed E-state index contributed by atoms with van der Waals surface area (Å²) in [5, 5.41) is 0.248. The molecule has 2 aromatic carbocycles. The van der Waals surface area contributed by atoms with Crippen LogP contribution in [-0.4, -0.2) is 36.3 Å². The molecular weight excluding hydrogens is 436 g/mol. The van der Waals surface area contributed by atoms with E-state index in [9.17, 15) is 4.79 Å². The second-order valence-electron chi connectivity index (χ2n) is 6.96. The van der Waals surface area contributed by atoms with E-state index in [0.29, 0.717) is 23.1 Å². The van der Waals surface area contributed by atoms with E-state index in [1.165, 1.54) is 0 Å². The first-order chi connectivity index (χ1) is 15.1. The molecule has 162 valence electrons. The quantitative estimate of drug-likeness (QED) is 0.462. The number of ether oxygens (including phenoxy) is 3. The average Bonchev–Trinajstić information content (AvgIpc) is 3.21. The lowest BCUT2D eigenvalue weighted by Gasteiger charge is -2.23. The van der Waals surface area contributed by atoms with Crippen molar-refractivity contribution >= 4 is 29.3 Å². The van der Waals surface area contributed by atoms with Gasteiger partial charge in [0.2, 0.25) is 0 Å².